The zero-order valence-electron chi connectivity index (χ0n) is 14.2. The fourth-order valence-corrected chi connectivity index (χ4v) is 3.25. The van der Waals surface area contributed by atoms with Crippen LogP contribution in [-0.4, -0.2) is 40.8 Å². The number of benzene rings is 1. The molecule has 4 rings (SSSR count). The quantitative estimate of drug-likeness (QED) is 0.789. The molecule has 3 aromatic rings. The monoisotopic (exact) mass is 349 g/mol. The number of nitrogens with one attached hydrogen (secondary N) is 1. The molecule has 0 spiro atoms. The molecule has 26 heavy (non-hydrogen) atoms. The average molecular weight is 349 g/mol. The highest BCUT2D eigenvalue weighted by atomic mass is 16.3. The number of likely N-dealkylation sites (tertiary alicyclic amines) is 1. The second kappa shape index (κ2) is 7.00. The molecule has 3 heterocycles. The van der Waals surface area contributed by atoms with E-state index >= 15 is 0 Å². The number of para-hydroxylation sites is 1. The van der Waals surface area contributed by atoms with E-state index in [2.05, 4.69) is 10.3 Å². The maximum Gasteiger partial charge on any atom is 0.287 e. The van der Waals surface area contributed by atoms with Crippen LogP contribution in [0.5, 0.6) is 0 Å². The summed E-state index contributed by atoms with van der Waals surface area (Å²) in [7, 11) is 0. The van der Waals surface area contributed by atoms with Crippen LogP contribution in [0.4, 0.5) is 0 Å². The highest BCUT2D eigenvalue weighted by molar-refractivity contribution is 5.96. The summed E-state index contributed by atoms with van der Waals surface area (Å²) in [5.41, 5.74) is 1.35. The Morgan fingerprint density at radius 2 is 1.81 bits per heavy atom. The van der Waals surface area contributed by atoms with Gasteiger partial charge in [0.25, 0.3) is 11.8 Å². The summed E-state index contributed by atoms with van der Waals surface area (Å²) in [5.74, 6) is 0.121. The van der Waals surface area contributed by atoms with Crippen molar-refractivity contribution in [2.45, 2.75) is 18.9 Å². The fourth-order valence-electron chi connectivity index (χ4n) is 3.25. The largest absolute Gasteiger partial charge is 0.451 e. The van der Waals surface area contributed by atoms with Crippen LogP contribution in [-0.2, 0) is 0 Å². The van der Waals surface area contributed by atoms with Gasteiger partial charge in [-0.25, -0.2) is 0 Å². The number of carbonyl (C=O) groups excluding carboxylic acids is 2. The van der Waals surface area contributed by atoms with Crippen molar-refractivity contribution in [3.63, 3.8) is 0 Å². The van der Waals surface area contributed by atoms with Crippen molar-refractivity contribution < 1.29 is 14.0 Å². The van der Waals surface area contributed by atoms with E-state index in [0.29, 0.717) is 30.0 Å². The molecule has 1 N–H and O–H groups in total. The fraction of sp³-hybridized carbons (Fsp3) is 0.250. The number of furan rings is 1. The van der Waals surface area contributed by atoms with Crippen molar-refractivity contribution in [1.82, 2.24) is 15.2 Å². The molecule has 1 aromatic carbocycles. The minimum absolute atomic E-state index is 0.00876. The minimum Gasteiger partial charge on any atom is -0.451 e. The Kier molecular flexibility index (Phi) is 4.39. The third kappa shape index (κ3) is 3.31. The molecule has 1 aliphatic heterocycles. The normalized spacial score (nSPS) is 15.2. The van der Waals surface area contributed by atoms with E-state index in [4.69, 9.17) is 4.42 Å². The number of hydrogen-bond donors (Lipinski definition) is 1. The Labute approximate surface area is 150 Å². The van der Waals surface area contributed by atoms with E-state index in [-0.39, 0.29) is 17.9 Å². The Bertz CT molecular complexity index is 895. The van der Waals surface area contributed by atoms with Crippen LogP contribution in [0.1, 0.15) is 33.8 Å². The lowest BCUT2D eigenvalue weighted by molar-refractivity contribution is 0.0695. The number of amides is 2. The summed E-state index contributed by atoms with van der Waals surface area (Å²) in [6.07, 6.45) is 4.69. The van der Waals surface area contributed by atoms with Crippen LogP contribution in [0.15, 0.2) is 59.3 Å². The molecule has 132 valence electrons. The molecular formula is C20H19N3O3. The summed E-state index contributed by atoms with van der Waals surface area (Å²) in [6, 6.07) is 12.8. The van der Waals surface area contributed by atoms with Crippen LogP contribution in [0.3, 0.4) is 0 Å². The van der Waals surface area contributed by atoms with Gasteiger partial charge in [0, 0.05) is 42.5 Å². The number of fused-ring (bicyclic) bond motifs is 1. The maximum absolute atomic E-state index is 12.4. The highest BCUT2D eigenvalue weighted by Gasteiger charge is 2.25. The number of carbonyl (C=O) groups is 2. The molecule has 2 aromatic heterocycles. The second-order valence-electron chi connectivity index (χ2n) is 6.42. The number of piperidine rings is 1. The van der Waals surface area contributed by atoms with Crippen LogP contribution < -0.4 is 5.32 Å². The molecule has 0 radical (unpaired) electrons. The van der Waals surface area contributed by atoms with Crippen LogP contribution >= 0.6 is 0 Å². The Morgan fingerprint density at radius 1 is 1.08 bits per heavy atom. The summed E-state index contributed by atoms with van der Waals surface area (Å²) in [5, 5.41) is 3.93. The smallest absolute Gasteiger partial charge is 0.287 e. The lowest BCUT2D eigenvalue weighted by Gasteiger charge is -2.32. The maximum atomic E-state index is 12.4. The molecule has 6 heteroatoms. The molecule has 1 saturated heterocycles. The number of aromatic nitrogens is 1. The Morgan fingerprint density at radius 3 is 2.54 bits per heavy atom. The van der Waals surface area contributed by atoms with E-state index in [0.717, 1.165) is 18.2 Å². The van der Waals surface area contributed by atoms with Gasteiger partial charge in [-0.05, 0) is 37.1 Å². The summed E-state index contributed by atoms with van der Waals surface area (Å²) < 4.78 is 5.61. The Hall–Kier alpha value is -3.15. The molecule has 0 saturated carbocycles. The highest BCUT2D eigenvalue weighted by Crippen LogP contribution is 2.20. The lowest BCUT2D eigenvalue weighted by atomic mass is 10.0. The molecule has 0 aliphatic carbocycles. The third-order valence-electron chi connectivity index (χ3n) is 4.69. The predicted molar refractivity (Wildman–Crippen MR) is 96.8 cm³/mol. The predicted octanol–water partition coefficient (Wildman–Crippen LogP) is 2.86. The van der Waals surface area contributed by atoms with Gasteiger partial charge in [0.15, 0.2) is 5.76 Å². The molecule has 0 bridgehead atoms. The van der Waals surface area contributed by atoms with Crippen molar-refractivity contribution in [3.8, 4) is 0 Å². The first-order chi connectivity index (χ1) is 12.7. The van der Waals surface area contributed by atoms with Crippen molar-refractivity contribution >= 4 is 22.8 Å². The van der Waals surface area contributed by atoms with Crippen molar-refractivity contribution in [1.29, 1.82) is 0 Å². The van der Waals surface area contributed by atoms with Gasteiger partial charge in [-0.1, -0.05) is 18.2 Å². The van der Waals surface area contributed by atoms with E-state index in [9.17, 15) is 9.59 Å². The molecule has 0 atom stereocenters. The van der Waals surface area contributed by atoms with Crippen LogP contribution in [0.2, 0.25) is 0 Å². The Balaban J connectivity index is 1.35. The van der Waals surface area contributed by atoms with E-state index < -0.39 is 0 Å². The molecule has 6 nitrogen and oxygen atoms in total. The molecule has 1 fully saturated rings. The van der Waals surface area contributed by atoms with Crippen LogP contribution in [0.25, 0.3) is 11.0 Å². The molecule has 2 amide bonds. The van der Waals surface area contributed by atoms with Gasteiger partial charge in [0.2, 0.25) is 0 Å². The van der Waals surface area contributed by atoms with Crippen LogP contribution in [0, 0.1) is 0 Å². The van der Waals surface area contributed by atoms with Gasteiger partial charge in [-0.3, -0.25) is 14.6 Å². The number of rotatable bonds is 3. The average Bonchev–Trinajstić information content (AvgIpc) is 3.13. The third-order valence-corrected chi connectivity index (χ3v) is 4.69. The van der Waals surface area contributed by atoms with Gasteiger partial charge in [0.05, 0.1) is 0 Å². The molecule has 0 unspecified atom stereocenters. The molecular weight excluding hydrogens is 330 g/mol. The minimum atomic E-state index is -0.208. The van der Waals surface area contributed by atoms with Crippen molar-refractivity contribution in [2.75, 3.05) is 13.1 Å². The summed E-state index contributed by atoms with van der Waals surface area (Å²) >= 11 is 0. The van der Waals surface area contributed by atoms with Gasteiger partial charge in [0.1, 0.15) is 5.58 Å². The van der Waals surface area contributed by atoms with Gasteiger partial charge >= 0.3 is 0 Å². The number of nitrogens with zero attached hydrogens (tertiary/aromatic N) is 2. The first-order valence-electron chi connectivity index (χ1n) is 8.69. The van der Waals surface area contributed by atoms with Gasteiger partial charge < -0.3 is 14.6 Å². The summed E-state index contributed by atoms with van der Waals surface area (Å²) in [6.45, 7) is 1.23. The zero-order valence-corrected chi connectivity index (χ0v) is 14.2. The zero-order chi connectivity index (χ0) is 17.9. The topological polar surface area (TPSA) is 75.4 Å². The first kappa shape index (κ1) is 16.3. The van der Waals surface area contributed by atoms with E-state index in [1.54, 1.807) is 30.6 Å². The standard InChI is InChI=1S/C20H19N3O3/c24-19(18-13-15-3-1-2-4-17(15)26-18)22-16-7-11-23(12-8-16)20(25)14-5-9-21-10-6-14/h1-6,9-10,13,16H,7-8,11-12H2,(H,22,24). The van der Waals surface area contributed by atoms with Crippen molar-refractivity contribution in [2.24, 2.45) is 0 Å². The SMILES string of the molecule is O=C(NC1CCN(C(=O)c2ccncc2)CC1)c1cc2ccccc2o1. The summed E-state index contributed by atoms with van der Waals surface area (Å²) in [4.78, 5) is 30.6. The number of pyridine rings is 1. The van der Waals surface area contributed by atoms with E-state index in [1.807, 2.05) is 29.2 Å². The van der Waals surface area contributed by atoms with E-state index in [1.165, 1.54) is 0 Å². The molecule has 1 aliphatic rings. The van der Waals surface area contributed by atoms with Crippen molar-refractivity contribution in [3.05, 3.63) is 66.2 Å². The first-order valence-corrected chi connectivity index (χ1v) is 8.69. The van der Waals surface area contributed by atoms with Gasteiger partial charge in [-0.15, -0.1) is 0 Å². The second-order valence-corrected chi connectivity index (χ2v) is 6.42. The lowest BCUT2D eigenvalue weighted by Crippen LogP contribution is -2.46. The number of hydrogen-bond acceptors (Lipinski definition) is 4. The van der Waals surface area contributed by atoms with Gasteiger partial charge in [-0.2, -0.15) is 0 Å².